The molecule has 1 saturated carbocycles. The molecule has 3 heteroatoms. The van der Waals surface area contributed by atoms with Crippen LogP contribution in [-0.2, 0) is 0 Å². The van der Waals surface area contributed by atoms with Gasteiger partial charge in [0.1, 0.15) is 0 Å². The third kappa shape index (κ3) is 1.34. The maximum atomic E-state index is 10.5. The summed E-state index contributed by atoms with van der Waals surface area (Å²) >= 11 is 5.73. The van der Waals surface area contributed by atoms with Crippen LogP contribution in [0.3, 0.4) is 0 Å². The van der Waals surface area contributed by atoms with Gasteiger partial charge in [-0.2, -0.15) is 0 Å². The molecule has 0 amide bonds. The van der Waals surface area contributed by atoms with Gasteiger partial charge in [-0.15, -0.1) is 0 Å². The van der Waals surface area contributed by atoms with Gasteiger partial charge in [-0.05, 0) is 18.9 Å². The Labute approximate surface area is 75.6 Å². The van der Waals surface area contributed by atoms with E-state index < -0.39 is 0 Å². The second kappa shape index (κ2) is 2.87. The van der Waals surface area contributed by atoms with E-state index in [1.165, 1.54) is 12.8 Å². The van der Waals surface area contributed by atoms with Crippen LogP contribution in [-0.4, -0.2) is 11.3 Å². The van der Waals surface area contributed by atoms with Gasteiger partial charge in [0.25, 0.3) is 0 Å². The molecule has 0 bridgehead atoms. The van der Waals surface area contributed by atoms with Crippen LogP contribution in [0.2, 0.25) is 5.02 Å². The van der Waals surface area contributed by atoms with Crippen molar-refractivity contribution in [1.82, 2.24) is 4.98 Å². The van der Waals surface area contributed by atoms with Crippen LogP contribution in [0.5, 0.6) is 0 Å². The fraction of sp³-hybridized carbons (Fsp3) is 0.333. The van der Waals surface area contributed by atoms with E-state index >= 15 is 0 Å². The quantitative estimate of drug-likeness (QED) is 0.656. The van der Waals surface area contributed by atoms with E-state index in [-0.39, 0.29) is 0 Å². The monoisotopic (exact) mass is 181 g/mol. The average molecular weight is 182 g/mol. The first kappa shape index (κ1) is 7.74. The Balaban J connectivity index is 2.39. The number of aromatic nitrogens is 1. The van der Waals surface area contributed by atoms with Crippen LogP contribution in [0.4, 0.5) is 0 Å². The Kier molecular flexibility index (Phi) is 1.85. The van der Waals surface area contributed by atoms with Crippen molar-refractivity contribution in [3.63, 3.8) is 0 Å². The Bertz CT molecular complexity index is 320. The molecule has 0 N–H and O–H groups in total. The number of halogens is 1. The summed E-state index contributed by atoms with van der Waals surface area (Å²) in [7, 11) is 0. The molecular formula is C9H8ClNO. The summed E-state index contributed by atoms with van der Waals surface area (Å²) < 4.78 is 0. The molecule has 0 atom stereocenters. The highest BCUT2D eigenvalue weighted by Crippen LogP contribution is 2.39. The summed E-state index contributed by atoms with van der Waals surface area (Å²) in [6.07, 6.45) is 4.70. The van der Waals surface area contributed by atoms with E-state index in [4.69, 9.17) is 11.6 Å². The molecule has 0 saturated heterocycles. The van der Waals surface area contributed by atoms with Gasteiger partial charge in [0.15, 0.2) is 6.29 Å². The van der Waals surface area contributed by atoms with Crippen molar-refractivity contribution in [3.05, 3.63) is 28.5 Å². The van der Waals surface area contributed by atoms with Crippen LogP contribution < -0.4 is 0 Å². The SMILES string of the molecule is O=Cc1cc(C2CC2)ncc1Cl. The predicted molar refractivity (Wildman–Crippen MR) is 46.6 cm³/mol. The largest absolute Gasteiger partial charge is 0.298 e. The van der Waals surface area contributed by atoms with Crippen molar-refractivity contribution >= 4 is 17.9 Å². The second-order valence-corrected chi connectivity index (χ2v) is 3.43. The molecule has 0 unspecified atom stereocenters. The van der Waals surface area contributed by atoms with E-state index in [1.807, 2.05) is 0 Å². The minimum atomic E-state index is 0.439. The summed E-state index contributed by atoms with van der Waals surface area (Å²) in [5.41, 5.74) is 1.55. The summed E-state index contributed by atoms with van der Waals surface area (Å²) in [4.78, 5) is 14.7. The van der Waals surface area contributed by atoms with E-state index in [1.54, 1.807) is 12.3 Å². The average Bonchev–Trinajstić information content (AvgIpc) is 2.88. The van der Waals surface area contributed by atoms with Gasteiger partial charge in [0, 0.05) is 23.4 Å². The fourth-order valence-electron chi connectivity index (χ4n) is 1.16. The number of nitrogens with zero attached hydrogens (tertiary/aromatic N) is 1. The smallest absolute Gasteiger partial charge is 0.151 e. The maximum Gasteiger partial charge on any atom is 0.151 e. The number of hydrogen-bond donors (Lipinski definition) is 0. The molecule has 1 aromatic heterocycles. The Morgan fingerprint density at radius 1 is 1.58 bits per heavy atom. The summed E-state index contributed by atoms with van der Waals surface area (Å²) in [6, 6.07) is 1.78. The van der Waals surface area contributed by atoms with Gasteiger partial charge < -0.3 is 0 Å². The molecule has 0 radical (unpaired) electrons. The lowest BCUT2D eigenvalue weighted by molar-refractivity contribution is 0.112. The molecule has 1 aliphatic rings. The van der Waals surface area contributed by atoms with Crippen molar-refractivity contribution in [3.8, 4) is 0 Å². The number of hydrogen-bond acceptors (Lipinski definition) is 2. The normalized spacial score (nSPS) is 16.1. The van der Waals surface area contributed by atoms with Crippen molar-refractivity contribution in [2.24, 2.45) is 0 Å². The highest BCUT2D eigenvalue weighted by molar-refractivity contribution is 6.32. The van der Waals surface area contributed by atoms with Gasteiger partial charge in [-0.25, -0.2) is 0 Å². The highest BCUT2D eigenvalue weighted by atomic mass is 35.5. The van der Waals surface area contributed by atoms with Gasteiger partial charge in [0.2, 0.25) is 0 Å². The van der Waals surface area contributed by atoms with Gasteiger partial charge in [-0.1, -0.05) is 11.6 Å². The Morgan fingerprint density at radius 2 is 2.33 bits per heavy atom. The first-order valence-electron chi connectivity index (χ1n) is 3.92. The number of pyridine rings is 1. The lowest BCUT2D eigenvalue weighted by Gasteiger charge is -1.99. The van der Waals surface area contributed by atoms with Gasteiger partial charge in [0.05, 0.1) is 5.02 Å². The van der Waals surface area contributed by atoms with Gasteiger partial charge >= 0.3 is 0 Å². The summed E-state index contributed by atoms with van der Waals surface area (Å²) in [6.45, 7) is 0. The minimum Gasteiger partial charge on any atom is -0.298 e. The number of carbonyl (C=O) groups excluding carboxylic acids is 1. The van der Waals surface area contributed by atoms with Crippen molar-refractivity contribution < 1.29 is 4.79 Å². The Hall–Kier alpha value is -0.890. The van der Waals surface area contributed by atoms with Crippen LogP contribution in [0.15, 0.2) is 12.3 Å². The third-order valence-corrected chi connectivity index (χ3v) is 2.34. The van der Waals surface area contributed by atoms with Crippen LogP contribution in [0.25, 0.3) is 0 Å². The Morgan fingerprint density at radius 3 is 2.92 bits per heavy atom. The van der Waals surface area contributed by atoms with Crippen LogP contribution in [0.1, 0.15) is 34.8 Å². The topological polar surface area (TPSA) is 30.0 Å². The first-order chi connectivity index (χ1) is 5.81. The summed E-state index contributed by atoms with van der Waals surface area (Å²) in [5, 5.41) is 0.439. The van der Waals surface area contributed by atoms with Crippen molar-refractivity contribution in [2.45, 2.75) is 18.8 Å². The molecule has 62 valence electrons. The zero-order chi connectivity index (χ0) is 8.55. The molecule has 1 fully saturated rings. The van der Waals surface area contributed by atoms with E-state index in [0.29, 0.717) is 16.5 Å². The number of rotatable bonds is 2. The fourth-order valence-corrected chi connectivity index (χ4v) is 1.31. The molecule has 0 aliphatic heterocycles. The summed E-state index contributed by atoms with van der Waals surface area (Å²) in [5.74, 6) is 0.570. The highest BCUT2D eigenvalue weighted by Gasteiger charge is 2.25. The zero-order valence-electron chi connectivity index (χ0n) is 6.46. The van der Waals surface area contributed by atoms with E-state index in [2.05, 4.69) is 4.98 Å². The van der Waals surface area contributed by atoms with Gasteiger partial charge in [-0.3, -0.25) is 9.78 Å². The van der Waals surface area contributed by atoms with Crippen LogP contribution in [0, 0.1) is 0 Å². The molecule has 1 aromatic rings. The van der Waals surface area contributed by atoms with E-state index in [0.717, 1.165) is 12.0 Å². The zero-order valence-corrected chi connectivity index (χ0v) is 7.21. The standard InChI is InChI=1S/C9H8ClNO/c10-8-4-11-9(6-1-2-6)3-7(8)5-12/h3-6H,1-2H2. The maximum absolute atomic E-state index is 10.5. The third-order valence-electron chi connectivity index (χ3n) is 2.03. The second-order valence-electron chi connectivity index (χ2n) is 3.02. The molecule has 1 heterocycles. The number of aldehydes is 1. The minimum absolute atomic E-state index is 0.439. The predicted octanol–water partition coefficient (Wildman–Crippen LogP) is 2.42. The lowest BCUT2D eigenvalue weighted by atomic mass is 10.2. The molecule has 0 aromatic carbocycles. The van der Waals surface area contributed by atoms with E-state index in [9.17, 15) is 4.79 Å². The number of carbonyl (C=O) groups is 1. The molecule has 2 rings (SSSR count). The van der Waals surface area contributed by atoms with Crippen molar-refractivity contribution in [2.75, 3.05) is 0 Å². The molecule has 1 aliphatic carbocycles. The molecule has 0 spiro atoms. The molecular weight excluding hydrogens is 174 g/mol. The van der Waals surface area contributed by atoms with Crippen LogP contribution >= 0.6 is 11.6 Å². The van der Waals surface area contributed by atoms with Crippen molar-refractivity contribution in [1.29, 1.82) is 0 Å². The lowest BCUT2D eigenvalue weighted by Crippen LogP contribution is -1.90. The first-order valence-corrected chi connectivity index (χ1v) is 4.29. The molecule has 2 nitrogen and oxygen atoms in total. The molecule has 12 heavy (non-hydrogen) atoms.